The van der Waals surface area contributed by atoms with Crippen LogP contribution in [0.2, 0.25) is 0 Å². The van der Waals surface area contributed by atoms with E-state index in [1.165, 1.54) is 21.3 Å². The summed E-state index contributed by atoms with van der Waals surface area (Å²) < 4.78 is 23.2. The lowest BCUT2D eigenvalue weighted by Crippen LogP contribution is -2.19. The summed E-state index contributed by atoms with van der Waals surface area (Å²) >= 11 is 0. The third-order valence-electron chi connectivity index (χ3n) is 4.14. The summed E-state index contributed by atoms with van der Waals surface area (Å²) in [5.74, 6) is 1.14. The predicted molar refractivity (Wildman–Crippen MR) is 105 cm³/mol. The van der Waals surface area contributed by atoms with Gasteiger partial charge in [0.25, 0.3) is 5.91 Å². The van der Waals surface area contributed by atoms with E-state index in [1.54, 1.807) is 22.9 Å². The first-order valence-corrected chi connectivity index (χ1v) is 8.89. The summed E-state index contributed by atoms with van der Waals surface area (Å²) in [6.07, 6.45) is 0. The zero-order chi connectivity index (χ0) is 21.1. The van der Waals surface area contributed by atoms with Gasteiger partial charge in [0.1, 0.15) is 5.69 Å². The molecule has 1 aromatic carbocycles. The van der Waals surface area contributed by atoms with Gasteiger partial charge in [0.2, 0.25) is 11.6 Å². The van der Waals surface area contributed by atoms with Gasteiger partial charge in [-0.25, -0.2) is 0 Å². The molecule has 154 valence electrons. The van der Waals surface area contributed by atoms with Gasteiger partial charge in [-0.2, -0.15) is 5.10 Å². The lowest BCUT2D eigenvalue weighted by molar-refractivity contribution is 0.101. The average molecular weight is 401 g/mol. The minimum atomic E-state index is -0.389. The average Bonchev–Trinajstić information content (AvgIpc) is 3.33. The van der Waals surface area contributed by atoms with Crippen LogP contribution >= 0.6 is 0 Å². The molecule has 0 radical (unpaired) electrons. The predicted octanol–water partition coefficient (Wildman–Crippen LogP) is 3.10. The van der Waals surface area contributed by atoms with Gasteiger partial charge in [-0.3, -0.25) is 14.8 Å². The third kappa shape index (κ3) is 4.00. The number of hydrogen-bond acceptors (Lipinski definition) is 8. The highest BCUT2D eigenvalue weighted by Gasteiger charge is 2.20. The van der Waals surface area contributed by atoms with Crippen LogP contribution in [-0.4, -0.2) is 47.2 Å². The fraction of sp³-hybridized carbons (Fsp3) is 0.368. The van der Waals surface area contributed by atoms with Gasteiger partial charge in [-0.15, -0.1) is 5.10 Å². The maximum absolute atomic E-state index is 12.6. The molecule has 0 bridgehead atoms. The number of nitrogens with one attached hydrogen (secondary N) is 1. The van der Waals surface area contributed by atoms with Gasteiger partial charge in [0.15, 0.2) is 11.5 Å². The van der Waals surface area contributed by atoms with E-state index in [-0.39, 0.29) is 23.9 Å². The molecule has 0 unspecified atom stereocenters. The molecule has 0 atom stereocenters. The molecule has 10 nitrogen and oxygen atoms in total. The highest BCUT2D eigenvalue weighted by molar-refractivity contribution is 6.02. The van der Waals surface area contributed by atoms with Crippen LogP contribution in [0.5, 0.6) is 17.2 Å². The van der Waals surface area contributed by atoms with E-state index in [4.69, 9.17) is 18.6 Å². The van der Waals surface area contributed by atoms with Crippen molar-refractivity contribution in [3.8, 4) is 28.7 Å². The van der Waals surface area contributed by atoms with E-state index in [1.807, 2.05) is 20.8 Å². The van der Waals surface area contributed by atoms with Crippen molar-refractivity contribution in [1.82, 2.24) is 20.0 Å². The minimum Gasteiger partial charge on any atom is -0.493 e. The Morgan fingerprint density at radius 1 is 1.07 bits per heavy atom. The summed E-state index contributed by atoms with van der Waals surface area (Å²) in [4.78, 5) is 12.6. The topological polar surface area (TPSA) is 114 Å². The number of carbonyl (C=O) groups excluding carboxylic acids is 1. The number of aryl methyl sites for hydroxylation is 1. The van der Waals surface area contributed by atoms with Crippen LogP contribution in [0.25, 0.3) is 11.5 Å². The minimum absolute atomic E-state index is 0.0296. The first-order chi connectivity index (χ1) is 13.9. The molecule has 29 heavy (non-hydrogen) atoms. The van der Waals surface area contributed by atoms with Crippen molar-refractivity contribution in [1.29, 1.82) is 0 Å². The normalized spacial score (nSPS) is 10.9. The number of aromatic nitrogens is 4. The number of benzene rings is 1. The van der Waals surface area contributed by atoms with E-state index in [2.05, 4.69) is 20.6 Å². The van der Waals surface area contributed by atoms with Crippen molar-refractivity contribution < 1.29 is 23.4 Å². The Morgan fingerprint density at radius 2 is 1.72 bits per heavy atom. The molecule has 0 aliphatic heterocycles. The van der Waals surface area contributed by atoms with Gasteiger partial charge < -0.3 is 18.6 Å². The fourth-order valence-electron chi connectivity index (χ4n) is 2.84. The smallest absolute Gasteiger partial charge is 0.322 e. The van der Waals surface area contributed by atoms with Crippen molar-refractivity contribution in [3.05, 3.63) is 29.6 Å². The number of nitrogens with zero attached hydrogens (tertiary/aromatic N) is 4. The Morgan fingerprint density at radius 3 is 2.28 bits per heavy atom. The molecule has 1 amide bonds. The summed E-state index contributed by atoms with van der Waals surface area (Å²) in [7, 11) is 4.55. The Bertz CT molecular complexity index is 999. The monoisotopic (exact) mass is 401 g/mol. The molecule has 0 saturated carbocycles. The van der Waals surface area contributed by atoms with E-state index in [0.29, 0.717) is 28.5 Å². The van der Waals surface area contributed by atoms with Gasteiger partial charge in [-0.1, -0.05) is 5.10 Å². The molecule has 2 aromatic heterocycles. The zero-order valence-corrected chi connectivity index (χ0v) is 17.1. The Kier molecular flexibility index (Phi) is 5.71. The molecular weight excluding hydrogens is 378 g/mol. The first kappa shape index (κ1) is 20.2. The Hall–Kier alpha value is -3.56. The zero-order valence-electron chi connectivity index (χ0n) is 17.1. The molecule has 0 fully saturated rings. The van der Waals surface area contributed by atoms with E-state index in [9.17, 15) is 4.79 Å². The maximum atomic E-state index is 12.6. The highest BCUT2D eigenvalue weighted by atomic mass is 16.5. The Labute approximate surface area is 167 Å². The van der Waals surface area contributed by atoms with Crippen LogP contribution < -0.4 is 19.5 Å². The number of methoxy groups -OCH3 is 3. The van der Waals surface area contributed by atoms with E-state index >= 15 is 0 Å². The molecule has 0 aliphatic carbocycles. The molecule has 1 N–H and O–H groups in total. The van der Waals surface area contributed by atoms with Crippen LogP contribution in [0.1, 0.15) is 36.1 Å². The lowest BCUT2D eigenvalue weighted by atomic mass is 10.2. The summed E-state index contributed by atoms with van der Waals surface area (Å²) in [6, 6.07) is 5.05. The quantitative estimate of drug-likeness (QED) is 0.642. The number of rotatable bonds is 7. The van der Waals surface area contributed by atoms with E-state index in [0.717, 1.165) is 5.69 Å². The number of anilines is 1. The first-order valence-electron chi connectivity index (χ1n) is 8.89. The number of hydrogen-bond donors (Lipinski definition) is 1. The molecule has 10 heteroatoms. The number of ether oxygens (including phenoxy) is 3. The van der Waals surface area contributed by atoms with E-state index < -0.39 is 0 Å². The van der Waals surface area contributed by atoms with Crippen LogP contribution in [0.15, 0.2) is 22.6 Å². The second-order valence-electron chi connectivity index (χ2n) is 6.49. The number of amides is 1. The standard InChI is InChI=1S/C19H23N5O5/c1-10(2)24-13(7-11(3)23-24)17(25)20-19-22-21-18(29-19)12-8-14(26-4)16(28-6)15(9-12)27-5/h7-10H,1-6H3,(H,20,22,25). The molecule has 3 aromatic rings. The second kappa shape index (κ2) is 8.21. The van der Waals surface area contributed by atoms with Crippen molar-refractivity contribution in [2.75, 3.05) is 26.6 Å². The van der Waals surface area contributed by atoms with Crippen LogP contribution in [0.3, 0.4) is 0 Å². The van der Waals surface area contributed by atoms with Crippen molar-refractivity contribution in [3.63, 3.8) is 0 Å². The van der Waals surface area contributed by atoms with Crippen LogP contribution in [-0.2, 0) is 0 Å². The van der Waals surface area contributed by atoms with Gasteiger partial charge in [-0.05, 0) is 39.0 Å². The molecule has 2 heterocycles. The fourth-order valence-corrected chi connectivity index (χ4v) is 2.84. The SMILES string of the molecule is COc1cc(-c2nnc(NC(=O)c3cc(C)nn3C(C)C)o2)cc(OC)c1OC. The van der Waals surface area contributed by atoms with Crippen molar-refractivity contribution >= 4 is 11.9 Å². The van der Waals surface area contributed by atoms with Crippen LogP contribution in [0.4, 0.5) is 6.01 Å². The maximum Gasteiger partial charge on any atom is 0.322 e. The van der Waals surface area contributed by atoms with Gasteiger partial charge >= 0.3 is 6.01 Å². The largest absolute Gasteiger partial charge is 0.493 e. The molecule has 0 spiro atoms. The summed E-state index contributed by atoms with van der Waals surface area (Å²) in [6.45, 7) is 5.71. The van der Waals surface area contributed by atoms with Crippen molar-refractivity contribution in [2.24, 2.45) is 0 Å². The third-order valence-corrected chi connectivity index (χ3v) is 4.14. The summed E-state index contributed by atoms with van der Waals surface area (Å²) in [5.41, 5.74) is 1.70. The Balaban J connectivity index is 1.87. The molecular formula is C19H23N5O5. The van der Waals surface area contributed by atoms with Crippen molar-refractivity contribution in [2.45, 2.75) is 26.8 Å². The molecule has 0 aliphatic rings. The second-order valence-corrected chi connectivity index (χ2v) is 6.49. The lowest BCUT2D eigenvalue weighted by Gasteiger charge is -2.12. The van der Waals surface area contributed by atoms with Gasteiger partial charge in [0, 0.05) is 11.6 Å². The summed E-state index contributed by atoms with van der Waals surface area (Å²) in [5, 5.41) is 14.8. The molecule has 0 saturated heterocycles. The van der Waals surface area contributed by atoms with Gasteiger partial charge in [0.05, 0.1) is 27.0 Å². The number of carbonyl (C=O) groups is 1. The highest BCUT2D eigenvalue weighted by Crippen LogP contribution is 2.41. The van der Waals surface area contributed by atoms with Crippen LogP contribution in [0, 0.1) is 6.92 Å². The molecule has 3 rings (SSSR count).